The molecule has 1 aromatic carbocycles. The van der Waals surface area contributed by atoms with Gasteiger partial charge in [-0.15, -0.1) is 0 Å². The lowest BCUT2D eigenvalue weighted by molar-refractivity contribution is -0.142. The maximum atomic E-state index is 13.8. The monoisotopic (exact) mass is 577 g/mol. The van der Waals surface area contributed by atoms with Gasteiger partial charge in [-0.2, -0.15) is 0 Å². The lowest BCUT2D eigenvalue weighted by Crippen LogP contribution is -2.43. The van der Waals surface area contributed by atoms with Crippen molar-refractivity contribution in [3.63, 3.8) is 0 Å². The highest BCUT2D eigenvalue weighted by Crippen LogP contribution is 2.47. The third-order valence-corrected chi connectivity index (χ3v) is 9.65. The van der Waals surface area contributed by atoms with Gasteiger partial charge in [0.25, 0.3) is 0 Å². The quantitative estimate of drug-likeness (QED) is 0.312. The molecule has 0 amide bonds. The van der Waals surface area contributed by atoms with Crippen LogP contribution in [0, 0.1) is 23.7 Å². The van der Waals surface area contributed by atoms with E-state index in [-0.39, 0.29) is 17.6 Å². The molecule has 0 unspecified atom stereocenters. The molecule has 3 heterocycles. The lowest BCUT2D eigenvalue weighted by atomic mass is 9.84. The minimum absolute atomic E-state index is 0.00193. The van der Waals surface area contributed by atoms with Gasteiger partial charge in [0.05, 0.1) is 25.3 Å². The van der Waals surface area contributed by atoms with Crippen molar-refractivity contribution in [3.05, 3.63) is 47.7 Å². The van der Waals surface area contributed by atoms with Crippen LogP contribution in [-0.4, -0.2) is 72.7 Å². The molecule has 42 heavy (non-hydrogen) atoms. The van der Waals surface area contributed by atoms with Crippen molar-refractivity contribution in [3.8, 4) is 11.6 Å². The minimum atomic E-state index is -0.755. The van der Waals surface area contributed by atoms with Crippen molar-refractivity contribution < 1.29 is 24.2 Å². The molecule has 3 fully saturated rings. The van der Waals surface area contributed by atoms with Gasteiger partial charge in [0.2, 0.25) is 5.88 Å². The van der Waals surface area contributed by atoms with Crippen molar-refractivity contribution in [2.24, 2.45) is 23.7 Å². The van der Waals surface area contributed by atoms with Crippen molar-refractivity contribution in [2.45, 2.75) is 71.3 Å². The van der Waals surface area contributed by atoms with E-state index >= 15 is 0 Å². The van der Waals surface area contributed by atoms with Crippen LogP contribution in [0.4, 0.5) is 5.69 Å². The molecule has 3 atom stereocenters. The van der Waals surface area contributed by atoms with Gasteiger partial charge in [-0.1, -0.05) is 6.92 Å². The summed E-state index contributed by atoms with van der Waals surface area (Å²) in [6, 6.07) is 10.2. The summed E-state index contributed by atoms with van der Waals surface area (Å²) in [5, 5.41) is 9.63. The summed E-state index contributed by atoms with van der Waals surface area (Å²) in [6.45, 7) is 10.4. The predicted molar refractivity (Wildman–Crippen MR) is 164 cm³/mol. The van der Waals surface area contributed by atoms with Gasteiger partial charge in [-0.05, 0) is 100 Å². The number of piperidine rings is 2. The summed E-state index contributed by atoms with van der Waals surface area (Å²) in [4.78, 5) is 34.7. The fraction of sp³-hybridized carbons (Fsp3) is 0.618. The van der Waals surface area contributed by atoms with Crippen LogP contribution in [0.15, 0.2) is 36.5 Å². The van der Waals surface area contributed by atoms with Gasteiger partial charge < -0.3 is 24.4 Å². The van der Waals surface area contributed by atoms with Gasteiger partial charge in [-0.25, -0.2) is 4.98 Å². The van der Waals surface area contributed by atoms with E-state index < -0.39 is 11.9 Å². The van der Waals surface area contributed by atoms with E-state index in [0.717, 1.165) is 87.3 Å². The first-order valence-corrected chi connectivity index (χ1v) is 15.8. The summed E-state index contributed by atoms with van der Waals surface area (Å²) < 4.78 is 11.7. The van der Waals surface area contributed by atoms with Crippen LogP contribution < -0.4 is 14.4 Å². The van der Waals surface area contributed by atoms with Crippen molar-refractivity contribution in [1.82, 2.24) is 9.88 Å². The molecular formula is C34H47N3O5. The number of aliphatic carboxylic acids is 1. The molecule has 2 aromatic rings. The van der Waals surface area contributed by atoms with Crippen LogP contribution in [0.1, 0.15) is 81.1 Å². The number of carboxylic acid groups (broad SMARTS) is 1. The number of ether oxygens (including phenoxy) is 2. The Morgan fingerprint density at radius 1 is 1.02 bits per heavy atom. The molecule has 1 saturated carbocycles. The van der Waals surface area contributed by atoms with Crippen molar-refractivity contribution >= 4 is 17.4 Å². The maximum absolute atomic E-state index is 13.8. The largest absolute Gasteiger partial charge is 0.497 e. The van der Waals surface area contributed by atoms with E-state index in [2.05, 4.69) is 28.6 Å². The molecule has 1 aliphatic carbocycles. The average molecular weight is 578 g/mol. The number of nitrogens with zero attached hydrogens (tertiary/aromatic N) is 3. The Hall–Kier alpha value is -3.13. The SMILES string of the molecule is COc1ccc(C(=O)[C@@H]2CCCN(C(C)C)C2)c(N2CCC(COc3cc([C@H](C4CC4)[C@H](C)C(=O)O)ccn3)CC2)c1. The first-order chi connectivity index (χ1) is 20.2. The van der Waals surface area contributed by atoms with E-state index in [9.17, 15) is 14.7 Å². The molecule has 1 N–H and O–H groups in total. The van der Waals surface area contributed by atoms with Gasteiger partial charge in [0.1, 0.15) is 5.75 Å². The first kappa shape index (κ1) is 30.3. The Labute approximate surface area is 250 Å². The molecule has 8 heteroatoms. The number of Topliss-reactive ketones (excluding diaryl/α,β-unsaturated/α-hetero) is 1. The fourth-order valence-electron chi connectivity index (χ4n) is 6.85. The highest BCUT2D eigenvalue weighted by Gasteiger charge is 2.39. The summed E-state index contributed by atoms with van der Waals surface area (Å²) >= 11 is 0. The van der Waals surface area contributed by atoms with Crippen LogP contribution >= 0.6 is 0 Å². The zero-order valence-corrected chi connectivity index (χ0v) is 25.6. The standard InChI is InChI=1S/C34H47N3O5/c1-22(2)37-15-5-6-27(20-37)33(38)29-10-9-28(41-4)19-30(29)36-16-12-24(13-17-36)21-42-31-18-26(11-14-35-31)32(25-7-8-25)23(3)34(39)40/h9-11,14,18-19,22-25,27,32H,5-8,12-13,15-17,20-21H2,1-4H3,(H,39,40)/t23-,27+,32-/m0/s1. The van der Waals surface area contributed by atoms with E-state index in [1.807, 2.05) is 30.3 Å². The third-order valence-electron chi connectivity index (χ3n) is 9.65. The van der Waals surface area contributed by atoms with Crippen LogP contribution in [-0.2, 0) is 4.79 Å². The number of ketones is 1. The van der Waals surface area contributed by atoms with E-state index in [1.54, 1.807) is 20.2 Å². The molecule has 0 radical (unpaired) electrons. The third kappa shape index (κ3) is 7.08. The van der Waals surface area contributed by atoms with E-state index in [1.165, 1.54) is 0 Å². The molecular weight excluding hydrogens is 530 g/mol. The number of hydrogen-bond acceptors (Lipinski definition) is 7. The Morgan fingerprint density at radius 3 is 2.45 bits per heavy atom. The highest BCUT2D eigenvalue weighted by molar-refractivity contribution is 6.03. The molecule has 228 valence electrons. The number of hydrogen-bond donors (Lipinski definition) is 1. The molecule has 1 aromatic heterocycles. The number of anilines is 1. The zero-order valence-electron chi connectivity index (χ0n) is 25.6. The zero-order chi connectivity index (χ0) is 29.8. The van der Waals surface area contributed by atoms with Crippen molar-refractivity contribution in [1.29, 1.82) is 0 Å². The Balaban J connectivity index is 1.21. The van der Waals surface area contributed by atoms with Crippen LogP contribution in [0.25, 0.3) is 0 Å². The van der Waals surface area contributed by atoms with Gasteiger partial charge >= 0.3 is 5.97 Å². The summed E-state index contributed by atoms with van der Waals surface area (Å²) in [7, 11) is 1.67. The second-order valence-corrected chi connectivity index (χ2v) is 12.8. The number of pyridine rings is 1. The molecule has 8 nitrogen and oxygen atoms in total. The number of carbonyl (C=O) groups is 2. The van der Waals surface area contributed by atoms with Crippen LogP contribution in [0.3, 0.4) is 0 Å². The van der Waals surface area contributed by atoms with Crippen molar-refractivity contribution in [2.75, 3.05) is 44.8 Å². The fourth-order valence-corrected chi connectivity index (χ4v) is 6.85. The van der Waals surface area contributed by atoms with Gasteiger partial charge in [-0.3, -0.25) is 9.59 Å². The van der Waals surface area contributed by atoms with Gasteiger partial charge in [0, 0.05) is 55.5 Å². The van der Waals surface area contributed by atoms with Gasteiger partial charge in [0.15, 0.2) is 5.78 Å². The Bertz CT molecular complexity index is 1240. The highest BCUT2D eigenvalue weighted by atomic mass is 16.5. The lowest BCUT2D eigenvalue weighted by Gasteiger charge is -2.37. The van der Waals surface area contributed by atoms with Crippen LogP contribution in [0.2, 0.25) is 0 Å². The molecule has 0 bridgehead atoms. The average Bonchev–Trinajstić information content (AvgIpc) is 3.85. The Morgan fingerprint density at radius 2 is 1.79 bits per heavy atom. The number of benzene rings is 1. The topological polar surface area (TPSA) is 92.2 Å². The number of carbonyl (C=O) groups excluding carboxylic acids is 1. The number of methoxy groups -OCH3 is 1. The van der Waals surface area contributed by atoms with E-state index in [4.69, 9.17) is 9.47 Å². The number of aromatic nitrogens is 1. The summed E-state index contributed by atoms with van der Waals surface area (Å²) in [5.74, 6) is 1.24. The maximum Gasteiger partial charge on any atom is 0.306 e. The molecule has 2 saturated heterocycles. The number of likely N-dealkylation sites (tertiary alicyclic amines) is 1. The van der Waals surface area contributed by atoms with E-state index in [0.29, 0.717) is 30.4 Å². The summed E-state index contributed by atoms with van der Waals surface area (Å²) in [5.41, 5.74) is 2.80. The second-order valence-electron chi connectivity index (χ2n) is 12.8. The minimum Gasteiger partial charge on any atom is -0.497 e. The molecule has 2 aliphatic heterocycles. The number of rotatable bonds is 12. The molecule has 3 aliphatic rings. The first-order valence-electron chi connectivity index (χ1n) is 15.8. The number of carboxylic acids is 1. The van der Waals surface area contributed by atoms with Crippen LogP contribution in [0.5, 0.6) is 11.6 Å². The molecule has 0 spiro atoms. The summed E-state index contributed by atoms with van der Waals surface area (Å²) in [6.07, 6.45) is 7.81. The predicted octanol–water partition coefficient (Wildman–Crippen LogP) is 5.90. The smallest absolute Gasteiger partial charge is 0.306 e. The normalized spacial score (nSPS) is 21.6. The second kappa shape index (κ2) is 13.4. The molecule has 5 rings (SSSR count). The Kier molecular flexibility index (Phi) is 9.71.